The van der Waals surface area contributed by atoms with Gasteiger partial charge >= 0.3 is 6.09 Å². The number of oxime groups is 1. The van der Waals surface area contributed by atoms with E-state index in [1.54, 1.807) is 4.90 Å². The molecule has 3 atom stereocenters. The molecule has 0 aliphatic carbocycles. The largest absolute Gasteiger partial charge is 0.445 e. The van der Waals surface area contributed by atoms with E-state index in [-0.39, 0.29) is 24.4 Å². The minimum atomic E-state index is -0.606. The highest BCUT2D eigenvalue weighted by atomic mass is 16.6. The van der Waals surface area contributed by atoms with Crippen molar-refractivity contribution in [2.75, 3.05) is 13.1 Å². The molecule has 35 heavy (non-hydrogen) atoms. The lowest BCUT2D eigenvalue weighted by Gasteiger charge is -2.30. The SMILES string of the molecule is O=C(C1=NOC(c2ccccc2)C1)[C@@H]1CCCN1C(=O)[C@@H]1CCCN1C(=O)OCc1ccccc1. The number of nitrogens with zero attached hydrogens (tertiary/aromatic N) is 3. The number of likely N-dealkylation sites (tertiary alicyclic amines) is 2. The lowest BCUT2D eigenvalue weighted by molar-refractivity contribution is -0.139. The lowest BCUT2D eigenvalue weighted by atomic mass is 9.98. The fourth-order valence-electron chi connectivity index (χ4n) is 5.10. The van der Waals surface area contributed by atoms with Crippen LogP contribution in [0.4, 0.5) is 4.79 Å². The van der Waals surface area contributed by atoms with Crippen LogP contribution in [-0.2, 0) is 25.8 Å². The molecule has 2 aromatic carbocycles. The van der Waals surface area contributed by atoms with Crippen LogP contribution >= 0.6 is 0 Å². The fraction of sp³-hybridized carbons (Fsp3) is 0.407. The predicted octanol–water partition coefficient (Wildman–Crippen LogP) is 3.87. The summed E-state index contributed by atoms with van der Waals surface area (Å²) in [6.45, 7) is 1.12. The summed E-state index contributed by atoms with van der Waals surface area (Å²) in [5.74, 6) is -0.348. The molecule has 5 rings (SSSR count). The summed E-state index contributed by atoms with van der Waals surface area (Å²) in [4.78, 5) is 48.3. The number of hydrogen-bond donors (Lipinski definition) is 0. The second-order valence-corrected chi connectivity index (χ2v) is 9.19. The van der Waals surface area contributed by atoms with Gasteiger partial charge in [-0.05, 0) is 36.8 Å². The van der Waals surface area contributed by atoms with Crippen molar-refractivity contribution >= 4 is 23.5 Å². The Balaban J connectivity index is 1.21. The number of Topliss-reactive ketones (excluding diaryl/α,β-unsaturated/α-hetero) is 1. The zero-order valence-electron chi connectivity index (χ0n) is 19.5. The molecule has 0 aromatic heterocycles. The molecular weight excluding hydrogens is 446 g/mol. The van der Waals surface area contributed by atoms with Gasteiger partial charge in [0.05, 0.1) is 6.04 Å². The quantitative estimate of drug-likeness (QED) is 0.633. The molecule has 0 bridgehead atoms. The van der Waals surface area contributed by atoms with Gasteiger partial charge in [-0.25, -0.2) is 4.79 Å². The Morgan fingerprint density at radius 3 is 2.29 bits per heavy atom. The Labute approximate surface area is 204 Å². The Kier molecular flexibility index (Phi) is 6.79. The smallest absolute Gasteiger partial charge is 0.410 e. The third kappa shape index (κ3) is 4.92. The normalized spacial score (nSPS) is 23.7. The fourth-order valence-corrected chi connectivity index (χ4v) is 5.10. The zero-order chi connectivity index (χ0) is 24.2. The maximum absolute atomic E-state index is 13.5. The van der Waals surface area contributed by atoms with Gasteiger partial charge in [-0.1, -0.05) is 65.8 Å². The molecule has 3 aliphatic heterocycles. The molecule has 2 saturated heterocycles. The molecule has 0 N–H and O–H groups in total. The van der Waals surface area contributed by atoms with E-state index in [1.807, 2.05) is 60.7 Å². The van der Waals surface area contributed by atoms with Crippen molar-refractivity contribution in [3.63, 3.8) is 0 Å². The molecule has 2 amide bonds. The molecule has 0 radical (unpaired) electrons. The first-order valence-electron chi connectivity index (χ1n) is 12.2. The van der Waals surface area contributed by atoms with Gasteiger partial charge in [-0.15, -0.1) is 0 Å². The van der Waals surface area contributed by atoms with Crippen LogP contribution in [0.15, 0.2) is 65.8 Å². The summed E-state index contributed by atoms with van der Waals surface area (Å²) < 4.78 is 5.48. The molecule has 0 spiro atoms. The number of benzene rings is 2. The van der Waals surface area contributed by atoms with Gasteiger partial charge in [-0.3, -0.25) is 14.5 Å². The average molecular weight is 476 g/mol. The maximum atomic E-state index is 13.5. The molecule has 1 unspecified atom stereocenters. The lowest BCUT2D eigenvalue weighted by Crippen LogP contribution is -2.51. The number of hydrogen-bond acceptors (Lipinski definition) is 6. The summed E-state index contributed by atoms with van der Waals surface area (Å²) in [5, 5.41) is 4.07. The van der Waals surface area contributed by atoms with Crippen LogP contribution < -0.4 is 0 Å². The van der Waals surface area contributed by atoms with Crippen molar-refractivity contribution in [2.24, 2.45) is 5.16 Å². The second kappa shape index (κ2) is 10.3. The van der Waals surface area contributed by atoms with E-state index < -0.39 is 18.2 Å². The zero-order valence-corrected chi connectivity index (χ0v) is 19.5. The van der Waals surface area contributed by atoms with E-state index in [9.17, 15) is 14.4 Å². The Morgan fingerprint density at radius 2 is 1.54 bits per heavy atom. The van der Waals surface area contributed by atoms with E-state index >= 15 is 0 Å². The van der Waals surface area contributed by atoms with Crippen LogP contribution in [0.1, 0.15) is 49.3 Å². The molecule has 3 heterocycles. The van der Waals surface area contributed by atoms with E-state index in [2.05, 4.69) is 5.16 Å². The highest BCUT2D eigenvalue weighted by Crippen LogP contribution is 2.31. The number of rotatable bonds is 6. The summed E-state index contributed by atoms with van der Waals surface area (Å²) in [6, 6.07) is 18.0. The van der Waals surface area contributed by atoms with Crippen molar-refractivity contribution in [3.05, 3.63) is 71.8 Å². The van der Waals surface area contributed by atoms with Crippen molar-refractivity contribution in [1.29, 1.82) is 0 Å². The number of carbonyl (C=O) groups excluding carboxylic acids is 3. The Morgan fingerprint density at radius 1 is 0.886 bits per heavy atom. The van der Waals surface area contributed by atoms with Crippen molar-refractivity contribution in [3.8, 4) is 0 Å². The van der Waals surface area contributed by atoms with Crippen molar-refractivity contribution < 1.29 is 24.0 Å². The predicted molar refractivity (Wildman–Crippen MR) is 128 cm³/mol. The van der Waals surface area contributed by atoms with Gasteiger partial charge in [0.15, 0.2) is 6.10 Å². The third-order valence-electron chi connectivity index (χ3n) is 6.94. The van der Waals surface area contributed by atoms with Gasteiger partial charge < -0.3 is 14.5 Å². The minimum Gasteiger partial charge on any atom is -0.445 e. The van der Waals surface area contributed by atoms with E-state index in [4.69, 9.17) is 9.57 Å². The van der Waals surface area contributed by atoms with Gasteiger partial charge in [0, 0.05) is 19.5 Å². The highest BCUT2D eigenvalue weighted by Gasteiger charge is 2.44. The number of amides is 2. The standard InChI is InChI=1S/C27H29N3O5/c31-25(21-17-24(35-28-21)20-11-5-2-6-12-20)22-13-7-15-29(22)26(32)23-14-8-16-30(23)27(33)34-18-19-9-3-1-4-10-19/h1-6,9-12,22-24H,7-8,13-18H2/t22-,23-,24?/m0/s1. The molecule has 3 aliphatic rings. The van der Waals surface area contributed by atoms with E-state index in [0.29, 0.717) is 38.1 Å². The van der Waals surface area contributed by atoms with Gasteiger partial charge in [0.1, 0.15) is 18.4 Å². The Bertz CT molecular complexity index is 1100. The summed E-state index contributed by atoms with van der Waals surface area (Å²) >= 11 is 0. The van der Waals surface area contributed by atoms with E-state index in [1.165, 1.54) is 4.90 Å². The second-order valence-electron chi connectivity index (χ2n) is 9.19. The van der Waals surface area contributed by atoms with Crippen LogP contribution in [0.25, 0.3) is 0 Å². The topological polar surface area (TPSA) is 88.5 Å². The molecule has 8 nitrogen and oxygen atoms in total. The number of carbonyl (C=O) groups is 3. The monoisotopic (exact) mass is 475 g/mol. The molecule has 0 saturated carbocycles. The Hall–Kier alpha value is -3.68. The number of ketones is 1. The molecule has 2 aromatic rings. The van der Waals surface area contributed by atoms with Crippen LogP contribution in [0.5, 0.6) is 0 Å². The summed E-state index contributed by atoms with van der Waals surface area (Å²) in [7, 11) is 0. The van der Waals surface area contributed by atoms with Crippen LogP contribution in [0, 0.1) is 0 Å². The molecular formula is C27H29N3O5. The summed E-state index contributed by atoms with van der Waals surface area (Å²) in [6.07, 6.45) is 2.23. The van der Waals surface area contributed by atoms with Gasteiger partial charge in [-0.2, -0.15) is 0 Å². The molecule has 2 fully saturated rings. The van der Waals surface area contributed by atoms with Crippen LogP contribution in [0.3, 0.4) is 0 Å². The van der Waals surface area contributed by atoms with Crippen LogP contribution in [-0.4, -0.2) is 58.5 Å². The van der Waals surface area contributed by atoms with E-state index in [0.717, 1.165) is 24.0 Å². The van der Waals surface area contributed by atoms with Gasteiger partial charge in [0.25, 0.3) is 0 Å². The first kappa shape index (κ1) is 23.1. The average Bonchev–Trinajstić information content (AvgIpc) is 3.68. The van der Waals surface area contributed by atoms with Crippen molar-refractivity contribution in [2.45, 2.75) is 56.9 Å². The first-order valence-corrected chi connectivity index (χ1v) is 12.2. The highest BCUT2D eigenvalue weighted by molar-refractivity contribution is 6.42. The molecule has 182 valence electrons. The van der Waals surface area contributed by atoms with Crippen molar-refractivity contribution in [1.82, 2.24) is 9.80 Å². The number of ether oxygens (including phenoxy) is 1. The first-order chi connectivity index (χ1) is 17.1. The minimum absolute atomic E-state index is 0.157. The maximum Gasteiger partial charge on any atom is 0.410 e. The molecule has 8 heteroatoms. The van der Waals surface area contributed by atoms with Gasteiger partial charge in [0.2, 0.25) is 11.7 Å². The summed E-state index contributed by atoms with van der Waals surface area (Å²) in [5.41, 5.74) is 2.23. The van der Waals surface area contributed by atoms with Crippen LogP contribution in [0.2, 0.25) is 0 Å². The third-order valence-corrected chi connectivity index (χ3v) is 6.94.